The first kappa shape index (κ1) is 17.8. The first-order chi connectivity index (χ1) is 17.3. The Bertz CT molecular complexity index is 2070. The molecular formula is C31H18N4. The van der Waals surface area contributed by atoms with Gasteiger partial charge in [0.25, 0.3) is 0 Å². The second-order valence-electron chi connectivity index (χ2n) is 9.73. The number of nitrogens with zero attached hydrogens (tertiary/aromatic N) is 4. The van der Waals surface area contributed by atoms with Gasteiger partial charge in [0.1, 0.15) is 5.65 Å². The molecule has 35 heavy (non-hydrogen) atoms. The standard InChI is InChI=1S/C31H18N4/c1-2-4-21-17(3-1)11-19-14-24-20(13-23(19)21)12-18-5-6-22-25-15-32-10-8-27(25)35-28-16-33-9-7-26(28)34-31(35)30(22)29(18)24/h1-10,13-16H,11-12H2. The molecule has 0 atom stereocenters. The van der Waals surface area contributed by atoms with E-state index in [2.05, 4.69) is 69.0 Å². The van der Waals surface area contributed by atoms with Crippen molar-refractivity contribution in [2.24, 2.45) is 0 Å². The van der Waals surface area contributed by atoms with Crippen LogP contribution in [0.1, 0.15) is 22.3 Å². The molecule has 3 aromatic carbocycles. The monoisotopic (exact) mass is 446 g/mol. The summed E-state index contributed by atoms with van der Waals surface area (Å²) in [7, 11) is 0. The molecule has 4 heteroatoms. The molecule has 162 valence electrons. The fourth-order valence-corrected chi connectivity index (χ4v) is 6.50. The van der Waals surface area contributed by atoms with Crippen LogP contribution in [0.25, 0.3) is 60.6 Å². The largest absolute Gasteiger partial charge is 0.290 e. The summed E-state index contributed by atoms with van der Waals surface area (Å²) in [5, 5.41) is 3.57. The number of hydrogen-bond acceptors (Lipinski definition) is 3. The highest BCUT2D eigenvalue weighted by atomic mass is 15.0. The van der Waals surface area contributed by atoms with E-state index >= 15 is 0 Å². The van der Waals surface area contributed by atoms with Crippen molar-refractivity contribution in [2.45, 2.75) is 12.8 Å². The van der Waals surface area contributed by atoms with E-state index in [-0.39, 0.29) is 0 Å². The Balaban J connectivity index is 1.45. The van der Waals surface area contributed by atoms with Crippen LogP contribution in [0.3, 0.4) is 0 Å². The predicted molar refractivity (Wildman–Crippen MR) is 140 cm³/mol. The average Bonchev–Trinajstić information content (AvgIpc) is 3.58. The summed E-state index contributed by atoms with van der Waals surface area (Å²) in [6, 6.07) is 22.4. The van der Waals surface area contributed by atoms with Gasteiger partial charge in [-0.1, -0.05) is 36.4 Å². The lowest BCUT2D eigenvalue weighted by atomic mass is 9.94. The zero-order chi connectivity index (χ0) is 22.7. The minimum absolute atomic E-state index is 0.953. The van der Waals surface area contributed by atoms with Crippen LogP contribution in [-0.2, 0) is 12.8 Å². The first-order valence-electron chi connectivity index (χ1n) is 12.0. The molecule has 7 aromatic rings. The molecule has 0 saturated heterocycles. The summed E-state index contributed by atoms with van der Waals surface area (Å²) in [6.07, 6.45) is 9.54. The minimum atomic E-state index is 0.953. The van der Waals surface area contributed by atoms with Gasteiger partial charge in [0, 0.05) is 29.4 Å². The second kappa shape index (κ2) is 6.10. The highest BCUT2D eigenvalue weighted by Gasteiger charge is 2.28. The van der Waals surface area contributed by atoms with Crippen molar-refractivity contribution in [1.29, 1.82) is 0 Å². The number of aromatic nitrogens is 4. The third-order valence-corrected chi connectivity index (χ3v) is 7.97. The molecular weight excluding hydrogens is 428 g/mol. The van der Waals surface area contributed by atoms with E-state index in [1.165, 1.54) is 55.3 Å². The Morgan fingerprint density at radius 1 is 0.629 bits per heavy atom. The van der Waals surface area contributed by atoms with Crippen molar-refractivity contribution < 1.29 is 0 Å². The molecule has 0 spiro atoms. The van der Waals surface area contributed by atoms with Gasteiger partial charge in [-0.15, -0.1) is 0 Å². The van der Waals surface area contributed by atoms with Crippen molar-refractivity contribution in [3.63, 3.8) is 0 Å². The molecule has 9 rings (SSSR count). The van der Waals surface area contributed by atoms with Crippen LogP contribution < -0.4 is 0 Å². The Labute approximate surface area is 200 Å². The number of rotatable bonds is 0. The Kier molecular flexibility index (Phi) is 3.11. The van der Waals surface area contributed by atoms with Crippen LogP contribution in [-0.4, -0.2) is 19.4 Å². The number of fused-ring (bicyclic) bond motifs is 15. The molecule has 0 saturated carbocycles. The van der Waals surface area contributed by atoms with Crippen LogP contribution in [0.4, 0.5) is 0 Å². The number of pyridine rings is 3. The SMILES string of the molecule is c1ccc2c(c1)Cc1cc3c(cc1-2)Cc1ccc2c4cnccc4n4c5cnccc5nc4c2c1-3. The second-order valence-corrected chi connectivity index (χ2v) is 9.73. The molecule has 2 aliphatic carbocycles. The van der Waals surface area contributed by atoms with Crippen LogP contribution in [0.5, 0.6) is 0 Å². The van der Waals surface area contributed by atoms with Crippen molar-refractivity contribution in [2.75, 3.05) is 0 Å². The summed E-state index contributed by atoms with van der Waals surface area (Å²) in [6.45, 7) is 0. The molecule has 0 aliphatic heterocycles. The lowest BCUT2D eigenvalue weighted by Gasteiger charge is -2.13. The molecule has 2 aliphatic rings. The lowest BCUT2D eigenvalue weighted by molar-refractivity contribution is 1.24. The van der Waals surface area contributed by atoms with Gasteiger partial charge in [-0.05, 0) is 87.0 Å². The van der Waals surface area contributed by atoms with Crippen molar-refractivity contribution in [3.8, 4) is 22.3 Å². The van der Waals surface area contributed by atoms with Gasteiger partial charge in [0.05, 0.1) is 22.7 Å². The lowest BCUT2D eigenvalue weighted by Crippen LogP contribution is -1.94. The van der Waals surface area contributed by atoms with E-state index in [9.17, 15) is 0 Å². The molecule has 0 unspecified atom stereocenters. The zero-order valence-electron chi connectivity index (χ0n) is 18.8. The Morgan fingerprint density at radius 2 is 1.46 bits per heavy atom. The van der Waals surface area contributed by atoms with E-state index in [0.29, 0.717) is 0 Å². The first-order valence-corrected chi connectivity index (χ1v) is 12.0. The molecule has 0 amide bonds. The van der Waals surface area contributed by atoms with Gasteiger partial charge in [-0.25, -0.2) is 4.98 Å². The summed E-state index contributed by atoms with van der Waals surface area (Å²) in [5.74, 6) is 0. The van der Waals surface area contributed by atoms with Crippen molar-refractivity contribution in [1.82, 2.24) is 19.4 Å². The third-order valence-electron chi connectivity index (χ3n) is 7.97. The van der Waals surface area contributed by atoms with Gasteiger partial charge in [-0.3, -0.25) is 14.4 Å². The normalized spacial score (nSPS) is 13.5. The number of hydrogen-bond donors (Lipinski definition) is 0. The highest BCUT2D eigenvalue weighted by molar-refractivity contribution is 6.19. The van der Waals surface area contributed by atoms with Gasteiger partial charge in [0.15, 0.2) is 0 Å². The topological polar surface area (TPSA) is 43.1 Å². The molecule has 0 N–H and O–H groups in total. The van der Waals surface area contributed by atoms with E-state index in [0.717, 1.165) is 40.4 Å². The summed E-state index contributed by atoms with van der Waals surface area (Å²) in [4.78, 5) is 14.1. The fraction of sp³-hybridized carbons (Fsp3) is 0.0645. The average molecular weight is 447 g/mol. The van der Waals surface area contributed by atoms with Crippen LogP contribution in [0.2, 0.25) is 0 Å². The maximum absolute atomic E-state index is 5.15. The van der Waals surface area contributed by atoms with Gasteiger partial charge in [-0.2, -0.15) is 0 Å². The molecule has 4 aromatic heterocycles. The minimum Gasteiger partial charge on any atom is -0.290 e. The van der Waals surface area contributed by atoms with E-state index < -0.39 is 0 Å². The Hall–Kier alpha value is -4.57. The fourth-order valence-electron chi connectivity index (χ4n) is 6.50. The van der Waals surface area contributed by atoms with Gasteiger partial charge in [0.2, 0.25) is 0 Å². The van der Waals surface area contributed by atoms with Crippen LogP contribution in [0.15, 0.2) is 85.5 Å². The quantitative estimate of drug-likeness (QED) is 0.243. The third kappa shape index (κ3) is 2.15. The smallest absolute Gasteiger partial charge is 0.147 e. The zero-order valence-corrected chi connectivity index (χ0v) is 18.8. The van der Waals surface area contributed by atoms with E-state index in [1.54, 1.807) is 0 Å². The predicted octanol–water partition coefficient (Wildman–Crippen LogP) is 6.73. The van der Waals surface area contributed by atoms with E-state index in [1.807, 2.05) is 30.9 Å². The Morgan fingerprint density at radius 3 is 2.46 bits per heavy atom. The van der Waals surface area contributed by atoms with E-state index in [4.69, 9.17) is 4.98 Å². The van der Waals surface area contributed by atoms with Crippen LogP contribution >= 0.6 is 0 Å². The van der Waals surface area contributed by atoms with Crippen molar-refractivity contribution >= 4 is 38.4 Å². The molecule has 0 radical (unpaired) electrons. The maximum atomic E-state index is 5.15. The van der Waals surface area contributed by atoms with Crippen LogP contribution in [0, 0.1) is 0 Å². The highest BCUT2D eigenvalue weighted by Crippen LogP contribution is 2.48. The summed E-state index contributed by atoms with van der Waals surface area (Å²) < 4.78 is 2.27. The number of benzene rings is 3. The molecule has 4 heterocycles. The summed E-state index contributed by atoms with van der Waals surface area (Å²) in [5.41, 5.74) is 15.2. The molecule has 0 fully saturated rings. The van der Waals surface area contributed by atoms with Crippen molar-refractivity contribution in [3.05, 3.63) is 108 Å². The maximum Gasteiger partial charge on any atom is 0.147 e. The molecule has 4 nitrogen and oxygen atoms in total. The molecule has 0 bridgehead atoms. The van der Waals surface area contributed by atoms with Gasteiger partial charge < -0.3 is 0 Å². The van der Waals surface area contributed by atoms with Gasteiger partial charge >= 0.3 is 0 Å². The number of imidazole rings is 1. The summed E-state index contributed by atoms with van der Waals surface area (Å²) >= 11 is 0.